The molecule has 0 aliphatic carbocycles. The van der Waals surface area contributed by atoms with E-state index in [0.29, 0.717) is 10.7 Å². The van der Waals surface area contributed by atoms with Gasteiger partial charge in [0, 0.05) is 12.1 Å². The highest BCUT2D eigenvalue weighted by Gasteiger charge is 2.17. The zero-order valence-corrected chi connectivity index (χ0v) is 10.9. The molecule has 98 valence electrons. The number of hydrogen-bond donors (Lipinski definition) is 1. The number of anilines is 2. The summed E-state index contributed by atoms with van der Waals surface area (Å²) in [5, 5.41) is 9.55. The molecule has 0 saturated heterocycles. The van der Waals surface area contributed by atoms with Crippen LogP contribution in [0.3, 0.4) is 0 Å². The quantitative estimate of drug-likeness (QED) is 0.925. The smallest absolute Gasteiger partial charge is 0.337 e. The Morgan fingerprint density at radius 3 is 2.53 bits per heavy atom. The molecular formula is C14H11ClFNO2. The number of rotatable bonds is 3. The molecule has 0 radical (unpaired) electrons. The Kier molecular flexibility index (Phi) is 3.71. The zero-order valence-electron chi connectivity index (χ0n) is 10.1. The predicted molar refractivity (Wildman–Crippen MR) is 72.9 cm³/mol. The zero-order chi connectivity index (χ0) is 14.0. The summed E-state index contributed by atoms with van der Waals surface area (Å²) in [7, 11) is 1.59. The molecule has 0 saturated carbocycles. The molecule has 0 heterocycles. The van der Waals surface area contributed by atoms with Crippen LogP contribution < -0.4 is 4.90 Å². The fourth-order valence-corrected chi connectivity index (χ4v) is 1.98. The van der Waals surface area contributed by atoms with E-state index >= 15 is 0 Å². The fraction of sp³-hybridized carbons (Fsp3) is 0.0714. The van der Waals surface area contributed by atoms with E-state index in [0.717, 1.165) is 0 Å². The maximum absolute atomic E-state index is 13.7. The van der Waals surface area contributed by atoms with Crippen molar-refractivity contribution >= 4 is 28.9 Å². The van der Waals surface area contributed by atoms with E-state index in [-0.39, 0.29) is 11.3 Å². The SMILES string of the molecule is CN(c1ccccc1F)c1cc(Cl)ccc1C(=O)O. The van der Waals surface area contributed by atoms with Crippen molar-refractivity contribution in [2.24, 2.45) is 0 Å². The highest BCUT2D eigenvalue weighted by atomic mass is 35.5. The lowest BCUT2D eigenvalue weighted by molar-refractivity contribution is 0.0697. The fourth-order valence-electron chi connectivity index (χ4n) is 1.82. The molecule has 0 fully saturated rings. The van der Waals surface area contributed by atoms with Gasteiger partial charge < -0.3 is 10.0 Å². The monoisotopic (exact) mass is 279 g/mol. The van der Waals surface area contributed by atoms with Gasteiger partial charge in [-0.1, -0.05) is 23.7 Å². The third-order valence-electron chi connectivity index (χ3n) is 2.77. The van der Waals surface area contributed by atoms with E-state index in [1.807, 2.05) is 0 Å². The predicted octanol–water partition coefficient (Wildman–Crippen LogP) is 3.95. The molecule has 0 unspecified atom stereocenters. The number of carboxylic acids is 1. The summed E-state index contributed by atoms with van der Waals surface area (Å²) in [5.41, 5.74) is 0.688. The van der Waals surface area contributed by atoms with Crippen molar-refractivity contribution in [2.45, 2.75) is 0 Å². The van der Waals surface area contributed by atoms with E-state index in [1.165, 1.54) is 29.2 Å². The number of para-hydroxylation sites is 1. The highest BCUT2D eigenvalue weighted by molar-refractivity contribution is 6.31. The Bertz CT molecular complexity index is 631. The molecule has 19 heavy (non-hydrogen) atoms. The van der Waals surface area contributed by atoms with Crippen LogP contribution in [0.1, 0.15) is 10.4 Å². The van der Waals surface area contributed by atoms with Crippen molar-refractivity contribution in [3.05, 3.63) is 58.9 Å². The van der Waals surface area contributed by atoms with Gasteiger partial charge in [-0.15, -0.1) is 0 Å². The molecule has 0 aromatic heterocycles. The van der Waals surface area contributed by atoms with Gasteiger partial charge in [-0.2, -0.15) is 0 Å². The molecule has 1 N–H and O–H groups in total. The van der Waals surface area contributed by atoms with Gasteiger partial charge in [0.1, 0.15) is 5.82 Å². The van der Waals surface area contributed by atoms with Crippen molar-refractivity contribution in [1.82, 2.24) is 0 Å². The molecule has 0 aliphatic heterocycles. The maximum Gasteiger partial charge on any atom is 0.337 e. The van der Waals surface area contributed by atoms with Crippen LogP contribution in [0.4, 0.5) is 15.8 Å². The number of benzene rings is 2. The summed E-state index contributed by atoms with van der Waals surface area (Å²) in [5.74, 6) is -1.52. The van der Waals surface area contributed by atoms with Crippen molar-refractivity contribution in [2.75, 3.05) is 11.9 Å². The van der Waals surface area contributed by atoms with Crippen molar-refractivity contribution in [3.63, 3.8) is 0 Å². The Balaban J connectivity index is 2.55. The number of nitrogens with zero attached hydrogens (tertiary/aromatic N) is 1. The molecule has 0 amide bonds. The largest absolute Gasteiger partial charge is 0.478 e. The highest BCUT2D eigenvalue weighted by Crippen LogP contribution is 2.31. The number of hydrogen-bond acceptors (Lipinski definition) is 2. The van der Waals surface area contributed by atoms with Crippen LogP contribution in [-0.4, -0.2) is 18.1 Å². The first-order valence-electron chi connectivity index (χ1n) is 5.52. The van der Waals surface area contributed by atoms with Gasteiger partial charge in [0.05, 0.1) is 16.9 Å². The second-order valence-corrected chi connectivity index (χ2v) is 4.41. The summed E-state index contributed by atoms with van der Waals surface area (Å²) in [6, 6.07) is 10.5. The number of carbonyl (C=O) groups is 1. The van der Waals surface area contributed by atoms with Crippen molar-refractivity contribution < 1.29 is 14.3 Å². The summed E-state index contributed by atoms with van der Waals surface area (Å²) in [6.45, 7) is 0. The first-order chi connectivity index (χ1) is 9.00. The second kappa shape index (κ2) is 5.28. The standard InChI is InChI=1S/C14H11ClFNO2/c1-17(12-5-3-2-4-11(12)16)13-8-9(15)6-7-10(13)14(18)19/h2-8H,1H3,(H,18,19). The third kappa shape index (κ3) is 2.69. The van der Waals surface area contributed by atoms with E-state index in [2.05, 4.69) is 0 Å². The number of carboxylic acid groups (broad SMARTS) is 1. The van der Waals surface area contributed by atoms with Gasteiger partial charge in [-0.05, 0) is 30.3 Å². The summed E-state index contributed by atoms with van der Waals surface area (Å²) >= 11 is 5.88. The van der Waals surface area contributed by atoms with E-state index in [4.69, 9.17) is 16.7 Å². The molecule has 0 aliphatic rings. The van der Waals surface area contributed by atoms with Crippen LogP contribution >= 0.6 is 11.6 Å². The van der Waals surface area contributed by atoms with Gasteiger partial charge in [-0.25, -0.2) is 9.18 Å². The maximum atomic E-state index is 13.7. The van der Waals surface area contributed by atoms with Crippen LogP contribution in [0.5, 0.6) is 0 Å². The minimum atomic E-state index is -1.09. The average Bonchev–Trinajstić information content (AvgIpc) is 2.38. The molecule has 2 aromatic carbocycles. The van der Waals surface area contributed by atoms with Crippen molar-refractivity contribution in [1.29, 1.82) is 0 Å². The first-order valence-corrected chi connectivity index (χ1v) is 5.89. The van der Waals surface area contributed by atoms with E-state index in [9.17, 15) is 9.18 Å². The summed E-state index contributed by atoms with van der Waals surface area (Å²) in [4.78, 5) is 12.7. The molecule has 2 aromatic rings. The van der Waals surface area contributed by atoms with Crippen LogP contribution in [0.15, 0.2) is 42.5 Å². The molecule has 0 atom stereocenters. The molecular weight excluding hydrogens is 269 g/mol. The van der Waals surface area contributed by atoms with Gasteiger partial charge in [0.2, 0.25) is 0 Å². The first kappa shape index (κ1) is 13.4. The van der Waals surface area contributed by atoms with E-state index < -0.39 is 11.8 Å². The van der Waals surface area contributed by atoms with Crippen LogP contribution in [-0.2, 0) is 0 Å². The minimum absolute atomic E-state index is 0.0650. The van der Waals surface area contributed by atoms with Crippen LogP contribution in [0, 0.1) is 5.82 Å². The topological polar surface area (TPSA) is 40.5 Å². The molecule has 0 bridgehead atoms. The third-order valence-corrected chi connectivity index (χ3v) is 3.00. The minimum Gasteiger partial charge on any atom is -0.478 e. The van der Waals surface area contributed by atoms with Crippen LogP contribution in [0.2, 0.25) is 5.02 Å². The summed E-state index contributed by atoms with van der Waals surface area (Å²) < 4.78 is 13.7. The number of aromatic carboxylic acids is 1. The molecule has 5 heteroatoms. The van der Waals surface area contributed by atoms with Crippen molar-refractivity contribution in [3.8, 4) is 0 Å². The molecule has 3 nitrogen and oxygen atoms in total. The van der Waals surface area contributed by atoms with Gasteiger partial charge >= 0.3 is 5.97 Å². The Labute approximate surface area is 114 Å². The normalized spacial score (nSPS) is 10.3. The van der Waals surface area contributed by atoms with E-state index in [1.54, 1.807) is 25.2 Å². The molecule has 0 spiro atoms. The lowest BCUT2D eigenvalue weighted by Crippen LogP contribution is -2.15. The average molecular weight is 280 g/mol. The summed E-state index contributed by atoms with van der Waals surface area (Å²) in [6.07, 6.45) is 0. The second-order valence-electron chi connectivity index (χ2n) is 3.98. The lowest BCUT2D eigenvalue weighted by atomic mass is 10.1. The lowest BCUT2D eigenvalue weighted by Gasteiger charge is -2.22. The Morgan fingerprint density at radius 1 is 1.21 bits per heavy atom. The van der Waals surface area contributed by atoms with Gasteiger partial charge in [0.15, 0.2) is 0 Å². The van der Waals surface area contributed by atoms with Gasteiger partial charge in [-0.3, -0.25) is 0 Å². The van der Waals surface area contributed by atoms with Crippen LogP contribution in [0.25, 0.3) is 0 Å². The Morgan fingerprint density at radius 2 is 1.89 bits per heavy atom. The molecule has 2 rings (SSSR count). The Hall–Kier alpha value is -2.07. The number of halogens is 2. The van der Waals surface area contributed by atoms with Gasteiger partial charge in [0.25, 0.3) is 0 Å².